The Hall–Kier alpha value is -0.0100. The lowest BCUT2D eigenvalue weighted by molar-refractivity contribution is -0.395. The molecule has 0 amide bonds. The zero-order chi connectivity index (χ0) is 20.3. The van der Waals surface area contributed by atoms with Crippen LogP contribution in [0.5, 0.6) is 0 Å². The SMILES string of the molecule is CCOP(=O)(/C=C(/I)CC(F)(F)C(F)(F)C(F)(F)C(F)(F)F)OCC. The summed E-state index contributed by atoms with van der Waals surface area (Å²) < 4.78 is 135. The third-order valence-corrected chi connectivity index (χ3v) is 5.57. The third-order valence-electron chi connectivity index (χ3n) is 2.52. The van der Waals surface area contributed by atoms with Gasteiger partial charge in [-0.1, -0.05) is 0 Å². The summed E-state index contributed by atoms with van der Waals surface area (Å²) in [5.41, 5.74) is 0. The van der Waals surface area contributed by atoms with Crippen LogP contribution in [0.1, 0.15) is 20.3 Å². The highest BCUT2D eigenvalue weighted by Crippen LogP contribution is 2.57. The maximum absolute atomic E-state index is 13.5. The van der Waals surface area contributed by atoms with Gasteiger partial charge in [-0.3, -0.25) is 4.57 Å². The zero-order valence-electron chi connectivity index (χ0n) is 12.7. The molecule has 0 saturated heterocycles. The lowest BCUT2D eigenvalue weighted by Crippen LogP contribution is -2.60. The van der Waals surface area contributed by atoms with E-state index in [9.17, 15) is 44.1 Å². The van der Waals surface area contributed by atoms with E-state index in [1.165, 1.54) is 13.8 Å². The van der Waals surface area contributed by atoms with E-state index in [0.29, 0.717) is 5.82 Å². The second-order valence-electron chi connectivity index (χ2n) is 4.48. The fraction of sp³-hybridized carbons (Fsp3) is 0.818. The van der Waals surface area contributed by atoms with Crippen LogP contribution in [0.3, 0.4) is 0 Å². The lowest BCUT2D eigenvalue weighted by Gasteiger charge is -2.33. The van der Waals surface area contributed by atoms with E-state index in [0.717, 1.165) is 22.6 Å². The first-order chi connectivity index (χ1) is 11.0. The Balaban J connectivity index is 5.68. The standard InChI is InChI=1S/C11H13F9IO3P/c1-3-23-25(22,24-4-2)6-7(21)5-8(12,13)9(14,15)10(16,17)11(18,19)20/h6H,3-5H2,1-2H3/b7-6+. The summed E-state index contributed by atoms with van der Waals surface area (Å²) in [7, 11) is -4.14. The number of hydrogen-bond donors (Lipinski definition) is 0. The van der Waals surface area contributed by atoms with Gasteiger partial charge in [-0.05, 0) is 36.4 Å². The topological polar surface area (TPSA) is 35.5 Å². The van der Waals surface area contributed by atoms with Crippen LogP contribution in [0.4, 0.5) is 39.5 Å². The van der Waals surface area contributed by atoms with Crippen molar-refractivity contribution in [2.45, 2.75) is 44.2 Å². The summed E-state index contributed by atoms with van der Waals surface area (Å²) in [6.07, 6.45) is -9.11. The Morgan fingerprint density at radius 1 is 0.920 bits per heavy atom. The molecule has 0 aromatic carbocycles. The average Bonchev–Trinajstić information content (AvgIpc) is 2.35. The first kappa shape index (κ1) is 25.0. The molecule has 14 heteroatoms. The molecule has 3 nitrogen and oxygen atoms in total. The molecule has 0 atom stereocenters. The van der Waals surface area contributed by atoms with Crippen LogP contribution >= 0.6 is 30.2 Å². The summed E-state index contributed by atoms with van der Waals surface area (Å²) in [6, 6.07) is 0. The monoisotopic (exact) mass is 522 g/mol. The van der Waals surface area contributed by atoms with Gasteiger partial charge in [0.25, 0.3) is 0 Å². The molecule has 0 aliphatic carbocycles. The van der Waals surface area contributed by atoms with Gasteiger partial charge in [0.1, 0.15) is 0 Å². The molecule has 0 saturated carbocycles. The van der Waals surface area contributed by atoms with Gasteiger partial charge in [-0.15, -0.1) is 0 Å². The summed E-state index contributed by atoms with van der Waals surface area (Å²) in [6.45, 7) is 2.24. The lowest BCUT2D eigenvalue weighted by atomic mass is 10.0. The molecule has 0 aromatic rings. The van der Waals surface area contributed by atoms with Crippen molar-refractivity contribution in [1.82, 2.24) is 0 Å². The number of allylic oxidation sites excluding steroid dienone is 1. The fourth-order valence-corrected chi connectivity index (χ4v) is 4.30. The maximum atomic E-state index is 13.5. The van der Waals surface area contributed by atoms with E-state index < -0.39 is 41.5 Å². The van der Waals surface area contributed by atoms with E-state index in [4.69, 9.17) is 0 Å². The normalized spacial score (nSPS) is 15.6. The predicted molar refractivity (Wildman–Crippen MR) is 78.5 cm³/mol. The van der Waals surface area contributed by atoms with Gasteiger partial charge >= 0.3 is 31.5 Å². The molecule has 0 aliphatic rings. The van der Waals surface area contributed by atoms with Crippen molar-refractivity contribution in [3.63, 3.8) is 0 Å². The minimum atomic E-state index is -6.97. The van der Waals surface area contributed by atoms with Crippen LogP contribution in [0, 0.1) is 0 Å². The molecule has 0 aliphatic heterocycles. The largest absolute Gasteiger partial charge is 0.460 e. The number of halogens is 10. The molecular weight excluding hydrogens is 509 g/mol. The highest BCUT2D eigenvalue weighted by atomic mass is 127. The van der Waals surface area contributed by atoms with E-state index in [1.807, 2.05) is 0 Å². The van der Waals surface area contributed by atoms with Gasteiger partial charge in [0, 0.05) is 15.8 Å². The number of hydrogen-bond acceptors (Lipinski definition) is 3. The van der Waals surface area contributed by atoms with Crippen LogP contribution in [0.25, 0.3) is 0 Å². The smallest absolute Gasteiger partial charge is 0.306 e. The molecule has 0 aromatic heterocycles. The first-order valence-corrected chi connectivity index (χ1v) is 9.12. The molecule has 0 radical (unpaired) electrons. The Kier molecular flexibility index (Phi) is 8.34. The second kappa shape index (κ2) is 8.34. The van der Waals surface area contributed by atoms with E-state index in [2.05, 4.69) is 9.05 Å². The quantitative estimate of drug-likeness (QED) is 0.200. The molecule has 0 unspecified atom stereocenters. The number of rotatable bonds is 9. The molecule has 0 heterocycles. The molecule has 0 fully saturated rings. The van der Waals surface area contributed by atoms with Crippen molar-refractivity contribution in [2.24, 2.45) is 0 Å². The minimum absolute atomic E-state index is 0.226. The van der Waals surface area contributed by atoms with E-state index in [-0.39, 0.29) is 13.2 Å². The van der Waals surface area contributed by atoms with Crippen molar-refractivity contribution in [2.75, 3.05) is 13.2 Å². The molecule has 0 spiro atoms. The predicted octanol–water partition coefficient (Wildman–Crippen LogP) is 6.39. The molecular formula is C11H13F9IO3P. The summed E-state index contributed by atoms with van der Waals surface area (Å²) in [5, 5.41) is 0. The average molecular weight is 522 g/mol. The Morgan fingerprint density at radius 3 is 1.64 bits per heavy atom. The Bertz CT molecular complexity index is 523. The fourth-order valence-electron chi connectivity index (χ4n) is 1.42. The van der Waals surface area contributed by atoms with Crippen molar-refractivity contribution in [3.8, 4) is 0 Å². The highest BCUT2D eigenvalue weighted by molar-refractivity contribution is 14.1. The van der Waals surface area contributed by atoms with Crippen LogP contribution in [-0.4, -0.2) is 37.2 Å². The Morgan fingerprint density at radius 2 is 1.32 bits per heavy atom. The summed E-state index contributed by atoms with van der Waals surface area (Å²) >= 11 is 0.950. The van der Waals surface area contributed by atoms with Crippen LogP contribution < -0.4 is 0 Å². The molecule has 0 bridgehead atoms. The van der Waals surface area contributed by atoms with Gasteiger partial charge in [0.05, 0.1) is 13.2 Å². The van der Waals surface area contributed by atoms with E-state index in [1.54, 1.807) is 0 Å². The molecule has 25 heavy (non-hydrogen) atoms. The number of alkyl halides is 9. The first-order valence-electron chi connectivity index (χ1n) is 6.43. The van der Waals surface area contributed by atoms with E-state index >= 15 is 0 Å². The summed E-state index contributed by atoms with van der Waals surface area (Å²) in [4.78, 5) is 0. The summed E-state index contributed by atoms with van der Waals surface area (Å²) in [5.74, 6) is -19.1. The molecule has 0 N–H and O–H groups in total. The van der Waals surface area contributed by atoms with Gasteiger partial charge < -0.3 is 9.05 Å². The zero-order valence-corrected chi connectivity index (χ0v) is 15.7. The third kappa shape index (κ3) is 5.73. The Labute approximate surface area is 150 Å². The van der Waals surface area contributed by atoms with Gasteiger partial charge in [0.15, 0.2) is 0 Å². The van der Waals surface area contributed by atoms with Gasteiger partial charge in [0.2, 0.25) is 0 Å². The van der Waals surface area contributed by atoms with Crippen LogP contribution in [0.2, 0.25) is 0 Å². The maximum Gasteiger partial charge on any atom is 0.460 e. The van der Waals surface area contributed by atoms with Crippen LogP contribution in [-0.2, 0) is 13.6 Å². The van der Waals surface area contributed by atoms with Crippen molar-refractivity contribution >= 4 is 30.2 Å². The second-order valence-corrected chi connectivity index (χ2v) is 7.72. The van der Waals surface area contributed by atoms with Crippen molar-refractivity contribution in [3.05, 3.63) is 9.40 Å². The van der Waals surface area contributed by atoms with Crippen LogP contribution in [0.15, 0.2) is 9.40 Å². The molecule has 150 valence electrons. The van der Waals surface area contributed by atoms with Gasteiger partial charge in [-0.25, -0.2) is 0 Å². The van der Waals surface area contributed by atoms with Crippen molar-refractivity contribution < 1.29 is 53.1 Å². The van der Waals surface area contributed by atoms with Crippen molar-refractivity contribution in [1.29, 1.82) is 0 Å². The highest BCUT2D eigenvalue weighted by Gasteiger charge is 2.81. The minimum Gasteiger partial charge on any atom is -0.306 e. The molecule has 0 rings (SSSR count). The van der Waals surface area contributed by atoms with Gasteiger partial charge in [-0.2, -0.15) is 39.5 Å².